The van der Waals surface area contributed by atoms with Crippen molar-refractivity contribution in [2.24, 2.45) is 0 Å². The molecule has 0 N–H and O–H groups in total. The molecule has 0 aliphatic carbocycles. The maximum Gasteiger partial charge on any atom is 0.192 e. The zero-order valence-corrected chi connectivity index (χ0v) is 12.7. The molecule has 106 valence electrons. The minimum absolute atomic E-state index is 0.0505. The Morgan fingerprint density at radius 2 is 1.90 bits per heavy atom. The van der Waals surface area contributed by atoms with Gasteiger partial charge in [-0.3, -0.25) is 4.98 Å². The number of thiazole rings is 1. The highest BCUT2D eigenvalue weighted by atomic mass is 32.2. The molecule has 0 spiro atoms. The van der Waals surface area contributed by atoms with Gasteiger partial charge in [0.1, 0.15) is 10.7 Å². The van der Waals surface area contributed by atoms with E-state index in [1.807, 2.05) is 23.6 Å². The van der Waals surface area contributed by atoms with Gasteiger partial charge < -0.3 is 0 Å². The lowest BCUT2D eigenvalue weighted by Crippen LogP contribution is -2.00. The lowest BCUT2D eigenvalue weighted by Gasteiger charge is -2.00. The van der Waals surface area contributed by atoms with E-state index >= 15 is 0 Å². The Balaban J connectivity index is 2.01. The van der Waals surface area contributed by atoms with Crippen LogP contribution in [0.3, 0.4) is 0 Å². The first-order valence-corrected chi connectivity index (χ1v) is 8.84. The number of hydrogen-bond acceptors (Lipinski definition) is 6. The fourth-order valence-corrected chi connectivity index (χ4v) is 3.19. The monoisotopic (exact) mass is 317 g/mol. The van der Waals surface area contributed by atoms with Gasteiger partial charge in [0.05, 0.1) is 5.69 Å². The minimum Gasteiger partial charge on any atom is -0.255 e. The third-order valence-corrected chi connectivity index (χ3v) is 4.67. The molecular formula is C14H11N3O2S2. The van der Waals surface area contributed by atoms with Crippen LogP contribution >= 0.6 is 11.3 Å². The molecular weight excluding hydrogens is 306 g/mol. The molecule has 3 aromatic heterocycles. The van der Waals surface area contributed by atoms with Crippen molar-refractivity contribution in [1.82, 2.24) is 15.0 Å². The van der Waals surface area contributed by atoms with Crippen molar-refractivity contribution in [3.63, 3.8) is 0 Å². The summed E-state index contributed by atoms with van der Waals surface area (Å²) in [7, 11) is -3.33. The average molecular weight is 317 g/mol. The van der Waals surface area contributed by atoms with E-state index in [1.54, 1.807) is 12.3 Å². The molecule has 0 aromatic carbocycles. The topological polar surface area (TPSA) is 72.8 Å². The molecule has 3 rings (SSSR count). The van der Waals surface area contributed by atoms with Gasteiger partial charge in [-0.05, 0) is 24.3 Å². The highest BCUT2D eigenvalue weighted by Gasteiger charge is 2.12. The predicted molar refractivity (Wildman–Crippen MR) is 81.7 cm³/mol. The van der Waals surface area contributed by atoms with Crippen LogP contribution in [0.2, 0.25) is 0 Å². The smallest absolute Gasteiger partial charge is 0.192 e. The van der Waals surface area contributed by atoms with E-state index in [0.717, 1.165) is 28.2 Å². The molecule has 0 amide bonds. The highest BCUT2D eigenvalue weighted by Crippen LogP contribution is 2.28. The summed E-state index contributed by atoms with van der Waals surface area (Å²) in [6.07, 6.45) is 4.33. The first-order valence-electron chi connectivity index (χ1n) is 6.07. The molecule has 5 nitrogen and oxygen atoms in total. The van der Waals surface area contributed by atoms with E-state index in [2.05, 4.69) is 15.0 Å². The molecule has 0 saturated carbocycles. The summed E-state index contributed by atoms with van der Waals surface area (Å²) < 4.78 is 23.1. The Kier molecular flexibility index (Phi) is 3.52. The van der Waals surface area contributed by atoms with Crippen molar-refractivity contribution >= 4 is 21.2 Å². The SMILES string of the molecule is CS(=O)(=O)c1cc(-c2nc(-c3ccccn3)cs2)ccn1. The largest absolute Gasteiger partial charge is 0.255 e. The van der Waals surface area contributed by atoms with E-state index in [-0.39, 0.29) is 5.03 Å². The van der Waals surface area contributed by atoms with Crippen molar-refractivity contribution < 1.29 is 8.42 Å². The summed E-state index contributed by atoms with van der Waals surface area (Å²) >= 11 is 1.44. The summed E-state index contributed by atoms with van der Waals surface area (Å²) in [5.41, 5.74) is 2.29. The second-order valence-electron chi connectivity index (χ2n) is 4.41. The minimum atomic E-state index is -3.33. The average Bonchev–Trinajstić information content (AvgIpc) is 2.97. The maximum atomic E-state index is 11.6. The highest BCUT2D eigenvalue weighted by molar-refractivity contribution is 7.90. The predicted octanol–water partition coefficient (Wildman–Crippen LogP) is 2.67. The van der Waals surface area contributed by atoms with Crippen LogP contribution in [-0.2, 0) is 9.84 Å². The molecule has 0 atom stereocenters. The first-order chi connectivity index (χ1) is 10.0. The maximum absolute atomic E-state index is 11.6. The van der Waals surface area contributed by atoms with Gasteiger partial charge in [0.15, 0.2) is 14.9 Å². The van der Waals surface area contributed by atoms with E-state index < -0.39 is 9.84 Å². The summed E-state index contributed by atoms with van der Waals surface area (Å²) in [5.74, 6) is 0. The van der Waals surface area contributed by atoms with Crippen LogP contribution < -0.4 is 0 Å². The fourth-order valence-electron chi connectivity index (χ4n) is 1.78. The van der Waals surface area contributed by atoms with Crippen molar-refractivity contribution in [2.45, 2.75) is 5.03 Å². The van der Waals surface area contributed by atoms with Crippen LogP contribution in [0.5, 0.6) is 0 Å². The molecule has 3 aromatic rings. The number of pyridine rings is 2. The number of sulfone groups is 1. The standard InChI is InChI=1S/C14H11N3O2S2/c1-21(18,19)13-8-10(5-7-16-13)14-17-12(9-20-14)11-4-2-3-6-15-11/h2-9H,1H3. The van der Waals surface area contributed by atoms with Gasteiger partial charge >= 0.3 is 0 Å². The van der Waals surface area contributed by atoms with Gasteiger partial charge in [0.25, 0.3) is 0 Å². The Morgan fingerprint density at radius 3 is 2.62 bits per heavy atom. The number of aromatic nitrogens is 3. The van der Waals surface area contributed by atoms with Crippen molar-refractivity contribution in [2.75, 3.05) is 6.26 Å². The first kappa shape index (κ1) is 13.8. The summed E-state index contributed by atoms with van der Waals surface area (Å²) in [6.45, 7) is 0. The van der Waals surface area contributed by atoms with Crippen molar-refractivity contribution in [3.05, 3.63) is 48.1 Å². The summed E-state index contributed by atoms with van der Waals surface area (Å²) in [6, 6.07) is 8.91. The normalized spacial score (nSPS) is 11.5. The van der Waals surface area contributed by atoms with E-state index in [1.165, 1.54) is 23.6 Å². The van der Waals surface area contributed by atoms with Gasteiger partial charge in [-0.25, -0.2) is 18.4 Å². The zero-order chi connectivity index (χ0) is 14.9. The number of hydrogen-bond donors (Lipinski definition) is 0. The molecule has 0 fully saturated rings. The van der Waals surface area contributed by atoms with Crippen LogP contribution in [-0.4, -0.2) is 29.6 Å². The molecule has 0 unspecified atom stereocenters. The van der Waals surface area contributed by atoms with E-state index in [4.69, 9.17) is 0 Å². The van der Waals surface area contributed by atoms with Crippen molar-refractivity contribution in [3.8, 4) is 22.0 Å². The van der Waals surface area contributed by atoms with Gasteiger partial charge in [0.2, 0.25) is 0 Å². The molecule has 3 heterocycles. The fraction of sp³-hybridized carbons (Fsp3) is 0.0714. The molecule has 0 saturated heterocycles. The lowest BCUT2D eigenvalue weighted by atomic mass is 10.3. The molecule has 0 radical (unpaired) electrons. The second kappa shape index (κ2) is 5.34. The Hall–Kier alpha value is -2.12. The van der Waals surface area contributed by atoms with Crippen LogP contribution in [0.25, 0.3) is 22.0 Å². The molecule has 0 aliphatic rings. The molecule has 0 bridgehead atoms. The van der Waals surface area contributed by atoms with Crippen LogP contribution in [0.15, 0.2) is 53.1 Å². The van der Waals surface area contributed by atoms with Crippen molar-refractivity contribution in [1.29, 1.82) is 0 Å². The van der Waals surface area contributed by atoms with Crippen LogP contribution in [0, 0.1) is 0 Å². The summed E-state index contributed by atoms with van der Waals surface area (Å²) in [4.78, 5) is 12.6. The summed E-state index contributed by atoms with van der Waals surface area (Å²) in [5, 5.41) is 2.69. The van der Waals surface area contributed by atoms with Crippen LogP contribution in [0.4, 0.5) is 0 Å². The number of nitrogens with zero attached hydrogens (tertiary/aromatic N) is 3. The molecule has 21 heavy (non-hydrogen) atoms. The van der Waals surface area contributed by atoms with E-state index in [9.17, 15) is 8.42 Å². The van der Waals surface area contributed by atoms with Gasteiger partial charge in [0, 0.05) is 29.6 Å². The second-order valence-corrected chi connectivity index (χ2v) is 7.23. The van der Waals surface area contributed by atoms with Gasteiger partial charge in [-0.15, -0.1) is 11.3 Å². The van der Waals surface area contributed by atoms with E-state index in [0.29, 0.717) is 0 Å². The number of rotatable bonds is 3. The van der Waals surface area contributed by atoms with Gasteiger partial charge in [-0.2, -0.15) is 0 Å². The third-order valence-electron chi connectivity index (χ3n) is 2.79. The Morgan fingerprint density at radius 1 is 1.05 bits per heavy atom. The molecule has 7 heteroatoms. The quantitative estimate of drug-likeness (QED) is 0.742. The third kappa shape index (κ3) is 2.98. The van der Waals surface area contributed by atoms with Gasteiger partial charge in [-0.1, -0.05) is 6.07 Å². The zero-order valence-electron chi connectivity index (χ0n) is 11.1. The van der Waals surface area contributed by atoms with Crippen LogP contribution in [0.1, 0.15) is 0 Å². The Bertz CT molecular complexity index is 874. The lowest BCUT2D eigenvalue weighted by molar-refractivity contribution is 0.598. The Labute approximate surface area is 126 Å². The molecule has 0 aliphatic heterocycles.